The van der Waals surface area contributed by atoms with E-state index in [1.165, 1.54) is 11.1 Å². The van der Waals surface area contributed by atoms with Crippen LogP contribution in [0.3, 0.4) is 0 Å². The number of nitriles is 1. The first-order chi connectivity index (χ1) is 13.4. The van der Waals surface area contributed by atoms with E-state index < -0.39 is 5.79 Å². The number of nitrogens with zero attached hydrogens (tertiary/aromatic N) is 1. The van der Waals surface area contributed by atoms with Gasteiger partial charge >= 0.3 is 0 Å². The topological polar surface area (TPSA) is 51.5 Å². The second-order valence-electron chi connectivity index (χ2n) is 8.52. The summed E-state index contributed by atoms with van der Waals surface area (Å²) >= 11 is 3.63. The summed E-state index contributed by atoms with van der Waals surface area (Å²) in [6.07, 6.45) is 3.19. The summed E-state index contributed by atoms with van der Waals surface area (Å²) in [7, 11) is 1.81. The summed E-state index contributed by atoms with van der Waals surface area (Å²) in [4.78, 5) is 0. The third-order valence-electron chi connectivity index (χ3n) is 6.68. The largest absolute Gasteiger partial charge is 0.381 e. The van der Waals surface area contributed by atoms with Gasteiger partial charge in [0.05, 0.1) is 12.0 Å². The molecule has 2 aliphatic rings. The monoisotopic (exact) mass is 449 g/mol. The lowest BCUT2D eigenvalue weighted by atomic mass is 9.58. The molecule has 154 valence electrons. The average molecular weight is 450 g/mol. The highest BCUT2D eigenvalue weighted by Crippen LogP contribution is 2.62. The maximum absolute atomic E-state index is 10.3. The lowest BCUT2D eigenvalue weighted by Crippen LogP contribution is -2.52. The zero-order valence-corrected chi connectivity index (χ0v) is 19.2. The molecule has 0 radical (unpaired) electrons. The van der Waals surface area contributed by atoms with E-state index in [1.54, 1.807) is 0 Å². The molecular weight excluding hydrogens is 418 g/mol. The van der Waals surface area contributed by atoms with E-state index in [0.717, 1.165) is 23.7 Å². The average Bonchev–Trinajstić information content (AvgIpc) is 2.93. The van der Waals surface area contributed by atoms with Crippen molar-refractivity contribution in [2.45, 2.75) is 64.8 Å². The molecule has 0 N–H and O–H groups in total. The van der Waals surface area contributed by atoms with Crippen LogP contribution in [0.15, 0.2) is 22.7 Å². The predicted octanol–water partition coefficient (Wildman–Crippen LogP) is 5.45. The summed E-state index contributed by atoms with van der Waals surface area (Å²) in [5.74, 6) is -0.572. The normalized spacial score (nSPS) is 32.3. The van der Waals surface area contributed by atoms with Gasteiger partial charge in [-0.3, -0.25) is 0 Å². The van der Waals surface area contributed by atoms with E-state index in [9.17, 15) is 5.26 Å². The van der Waals surface area contributed by atoms with Crippen molar-refractivity contribution in [2.24, 2.45) is 17.3 Å². The van der Waals surface area contributed by atoms with Gasteiger partial charge in [-0.05, 0) is 73.6 Å². The van der Waals surface area contributed by atoms with Crippen molar-refractivity contribution in [3.8, 4) is 6.07 Å². The molecule has 1 saturated carbocycles. The molecular formula is C23H32BrNO3. The molecule has 2 aliphatic carbocycles. The van der Waals surface area contributed by atoms with Gasteiger partial charge in [-0.1, -0.05) is 35.8 Å². The van der Waals surface area contributed by atoms with Crippen LogP contribution in [-0.4, -0.2) is 32.2 Å². The molecule has 1 spiro atoms. The molecule has 0 aromatic heterocycles. The van der Waals surface area contributed by atoms with Crippen molar-refractivity contribution in [1.29, 1.82) is 5.26 Å². The smallest absolute Gasteiger partial charge is 0.266 e. The summed E-state index contributed by atoms with van der Waals surface area (Å²) < 4.78 is 19.1. The van der Waals surface area contributed by atoms with Crippen LogP contribution in [0.4, 0.5) is 0 Å². The van der Waals surface area contributed by atoms with Crippen molar-refractivity contribution in [1.82, 2.24) is 0 Å². The third-order valence-corrected chi connectivity index (χ3v) is 7.17. The lowest BCUT2D eigenvalue weighted by Gasteiger charge is -2.51. The molecule has 0 amide bonds. The van der Waals surface area contributed by atoms with Gasteiger partial charge < -0.3 is 14.2 Å². The van der Waals surface area contributed by atoms with Crippen molar-refractivity contribution >= 4 is 15.9 Å². The van der Waals surface area contributed by atoms with Gasteiger partial charge in [-0.2, -0.15) is 5.26 Å². The van der Waals surface area contributed by atoms with Gasteiger partial charge in [-0.25, -0.2) is 0 Å². The van der Waals surface area contributed by atoms with Crippen LogP contribution in [0.2, 0.25) is 0 Å². The molecule has 5 atom stereocenters. The summed E-state index contributed by atoms with van der Waals surface area (Å²) in [5, 5.41) is 10.3. The molecule has 1 aromatic carbocycles. The number of hydrogen-bond acceptors (Lipinski definition) is 4. The first-order valence-electron chi connectivity index (χ1n) is 10.4. The van der Waals surface area contributed by atoms with Crippen LogP contribution in [0.1, 0.15) is 57.6 Å². The standard InChI is InChI=1S/C23H32BrNO3/c1-6-27-23(14-25,28-7-2)21-19-10-18(24)9-8-17(19)13-22(21)11-15(3)20(26-5)16(4)12-22/h8-10,15-16,20-21H,6-7,11-13H2,1-5H3/t15-,16+,20?,21-,22?/m1/s1. The highest BCUT2D eigenvalue weighted by atomic mass is 79.9. The molecule has 4 nitrogen and oxygen atoms in total. The highest BCUT2D eigenvalue weighted by Gasteiger charge is 2.60. The van der Waals surface area contributed by atoms with Crippen LogP contribution in [0, 0.1) is 28.6 Å². The van der Waals surface area contributed by atoms with Crippen LogP contribution >= 0.6 is 15.9 Å². The number of benzene rings is 1. The summed E-state index contributed by atoms with van der Waals surface area (Å²) in [5.41, 5.74) is 2.42. The SMILES string of the molecule is CCOC(C#N)(OCC)[C@@H]1c2cc(Br)ccc2CC12C[C@@H](C)C(OC)[C@@H](C)C2. The second kappa shape index (κ2) is 8.44. The van der Waals surface area contributed by atoms with Crippen LogP contribution in [-0.2, 0) is 20.6 Å². The Labute approximate surface area is 177 Å². The lowest BCUT2D eigenvalue weighted by molar-refractivity contribution is -0.231. The number of methoxy groups -OCH3 is 1. The van der Waals surface area contributed by atoms with E-state index in [-0.39, 0.29) is 17.4 Å². The fourth-order valence-corrected chi connectivity index (χ4v) is 6.56. The van der Waals surface area contributed by atoms with E-state index in [2.05, 4.69) is 54.0 Å². The van der Waals surface area contributed by atoms with Gasteiger partial charge in [0.2, 0.25) is 0 Å². The number of ether oxygens (including phenoxy) is 3. The molecule has 1 fully saturated rings. The van der Waals surface area contributed by atoms with Crippen LogP contribution < -0.4 is 0 Å². The third kappa shape index (κ3) is 3.54. The minimum atomic E-state index is -1.27. The minimum absolute atomic E-state index is 0.0724. The summed E-state index contributed by atoms with van der Waals surface area (Å²) in [6, 6.07) is 8.91. The molecule has 0 bridgehead atoms. The van der Waals surface area contributed by atoms with Gasteiger partial charge in [-0.15, -0.1) is 0 Å². The molecule has 5 heteroatoms. The van der Waals surface area contributed by atoms with E-state index >= 15 is 0 Å². The molecule has 0 heterocycles. The molecule has 0 saturated heterocycles. The fourth-order valence-electron chi connectivity index (χ4n) is 6.18. The Kier molecular flexibility index (Phi) is 6.56. The fraction of sp³-hybridized carbons (Fsp3) is 0.696. The predicted molar refractivity (Wildman–Crippen MR) is 113 cm³/mol. The molecule has 1 aromatic rings. The Morgan fingerprint density at radius 2 is 1.79 bits per heavy atom. The van der Waals surface area contributed by atoms with Gasteiger partial charge in [0.1, 0.15) is 6.07 Å². The maximum atomic E-state index is 10.3. The molecule has 2 unspecified atom stereocenters. The number of rotatable bonds is 6. The quantitative estimate of drug-likeness (QED) is 0.541. The molecule has 28 heavy (non-hydrogen) atoms. The Hall–Kier alpha value is -0.930. The Balaban J connectivity index is 2.16. The van der Waals surface area contributed by atoms with Crippen molar-refractivity contribution in [2.75, 3.05) is 20.3 Å². The van der Waals surface area contributed by atoms with Crippen LogP contribution in [0.5, 0.6) is 0 Å². The first kappa shape index (κ1) is 21.8. The van der Waals surface area contributed by atoms with Crippen molar-refractivity contribution in [3.63, 3.8) is 0 Å². The molecule has 0 aliphatic heterocycles. The first-order valence-corrected chi connectivity index (χ1v) is 11.2. The van der Waals surface area contributed by atoms with Crippen LogP contribution in [0.25, 0.3) is 0 Å². The second-order valence-corrected chi connectivity index (χ2v) is 9.44. The number of hydrogen-bond donors (Lipinski definition) is 0. The van der Waals surface area contributed by atoms with Gasteiger partial charge in [0, 0.05) is 24.8 Å². The highest BCUT2D eigenvalue weighted by molar-refractivity contribution is 9.10. The zero-order valence-electron chi connectivity index (χ0n) is 17.6. The minimum Gasteiger partial charge on any atom is -0.381 e. The summed E-state index contributed by atoms with van der Waals surface area (Å²) in [6.45, 7) is 9.29. The maximum Gasteiger partial charge on any atom is 0.266 e. The number of fused-ring (bicyclic) bond motifs is 1. The van der Waals surface area contributed by atoms with Gasteiger partial charge in [0.25, 0.3) is 5.79 Å². The number of halogens is 1. The Morgan fingerprint density at radius 1 is 1.18 bits per heavy atom. The van der Waals surface area contributed by atoms with Crippen molar-refractivity contribution in [3.05, 3.63) is 33.8 Å². The molecule has 3 rings (SSSR count). The van der Waals surface area contributed by atoms with E-state index in [0.29, 0.717) is 25.0 Å². The van der Waals surface area contributed by atoms with Crippen molar-refractivity contribution < 1.29 is 14.2 Å². The Morgan fingerprint density at radius 3 is 2.29 bits per heavy atom. The van der Waals surface area contributed by atoms with E-state index in [1.807, 2.05) is 21.0 Å². The zero-order chi connectivity index (χ0) is 20.5. The van der Waals surface area contributed by atoms with E-state index in [4.69, 9.17) is 14.2 Å². The Bertz CT molecular complexity index is 726. The van der Waals surface area contributed by atoms with Gasteiger partial charge in [0.15, 0.2) is 0 Å².